The Bertz CT molecular complexity index is 702. The van der Waals surface area contributed by atoms with Gasteiger partial charge in [0.15, 0.2) is 11.5 Å². The van der Waals surface area contributed by atoms with Gasteiger partial charge in [-0.1, -0.05) is 11.6 Å². The number of nitrogens with zero attached hydrogens (tertiary/aromatic N) is 3. The van der Waals surface area contributed by atoms with Crippen molar-refractivity contribution in [1.82, 2.24) is 10.2 Å². The van der Waals surface area contributed by atoms with Crippen molar-refractivity contribution in [2.75, 3.05) is 23.3 Å². The van der Waals surface area contributed by atoms with Crippen LogP contribution < -0.4 is 10.2 Å². The molecule has 1 aromatic heterocycles. The number of hydrogen-bond donors (Lipinski definition) is 1. The predicted octanol–water partition coefficient (Wildman–Crippen LogP) is 3.51. The first-order chi connectivity index (χ1) is 11.1. The number of hydrogen-bond acceptors (Lipinski definition) is 4. The summed E-state index contributed by atoms with van der Waals surface area (Å²) in [5, 5.41) is 10.7. The van der Waals surface area contributed by atoms with Crippen LogP contribution in [0, 0.1) is 5.82 Å². The molecule has 3 rings (SSSR count). The molecule has 1 aromatic carbocycles. The van der Waals surface area contributed by atoms with E-state index in [0.717, 1.165) is 31.7 Å². The number of halogens is 2. The molecule has 1 aliphatic heterocycles. The fraction of sp³-hybridized carbons (Fsp3) is 0.312. The van der Waals surface area contributed by atoms with Gasteiger partial charge in [-0.3, -0.25) is 4.79 Å². The van der Waals surface area contributed by atoms with E-state index in [4.69, 9.17) is 11.6 Å². The first kappa shape index (κ1) is 15.7. The molecular formula is C16H16ClFN4O. The van der Waals surface area contributed by atoms with E-state index >= 15 is 0 Å². The normalized spacial score (nSPS) is 14.6. The Kier molecular flexibility index (Phi) is 4.71. The molecule has 5 nitrogen and oxygen atoms in total. The molecule has 0 atom stereocenters. The highest BCUT2D eigenvalue weighted by Crippen LogP contribution is 2.20. The van der Waals surface area contributed by atoms with Gasteiger partial charge in [-0.2, -0.15) is 0 Å². The van der Waals surface area contributed by atoms with Gasteiger partial charge < -0.3 is 10.2 Å². The van der Waals surface area contributed by atoms with E-state index < -0.39 is 11.7 Å². The van der Waals surface area contributed by atoms with Crippen molar-refractivity contribution in [1.29, 1.82) is 0 Å². The maximum atomic E-state index is 13.1. The van der Waals surface area contributed by atoms with Crippen molar-refractivity contribution in [3.63, 3.8) is 0 Å². The molecule has 1 N–H and O–H groups in total. The van der Waals surface area contributed by atoms with Gasteiger partial charge in [0.05, 0.1) is 5.02 Å². The Morgan fingerprint density at radius 3 is 2.57 bits per heavy atom. The van der Waals surface area contributed by atoms with Crippen molar-refractivity contribution < 1.29 is 9.18 Å². The SMILES string of the molecule is O=C(Nc1ccc(F)c(Cl)c1)c1ccc(N2CCCCC2)nn1. The number of anilines is 2. The summed E-state index contributed by atoms with van der Waals surface area (Å²) in [5.41, 5.74) is 0.606. The van der Waals surface area contributed by atoms with E-state index in [1.54, 1.807) is 12.1 Å². The van der Waals surface area contributed by atoms with Gasteiger partial charge in [-0.25, -0.2) is 4.39 Å². The number of aromatic nitrogens is 2. The smallest absolute Gasteiger partial charge is 0.276 e. The Balaban J connectivity index is 1.68. The maximum absolute atomic E-state index is 13.1. The zero-order valence-corrected chi connectivity index (χ0v) is 13.2. The molecule has 0 radical (unpaired) electrons. The Morgan fingerprint density at radius 1 is 1.13 bits per heavy atom. The predicted molar refractivity (Wildman–Crippen MR) is 87.5 cm³/mol. The summed E-state index contributed by atoms with van der Waals surface area (Å²) in [6.45, 7) is 1.93. The fourth-order valence-corrected chi connectivity index (χ4v) is 2.69. The van der Waals surface area contributed by atoms with Gasteiger partial charge in [-0.15, -0.1) is 10.2 Å². The van der Waals surface area contributed by atoms with E-state index in [1.807, 2.05) is 0 Å². The highest BCUT2D eigenvalue weighted by atomic mass is 35.5. The lowest BCUT2D eigenvalue weighted by molar-refractivity contribution is 0.102. The average Bonchev–Trinajstić information content (AvgIpc) is 2.59. The molecule has 1 aliphatic rings. The molecule has 1 fully saturated rings. The monoisotopic (exact) mass is 334 g/mol. The minimum absolute atomic E-state index is 0.0469. The second kappa shape index (κ2) is 6.91. The summed E-state index contributed by atoms with van der Waals surface area (Å²) in [4.78, 5) is 14.3. The van der Waals surface area contributed by atoms with Crippen molar-refractivity contribution in [3.8, 4) is 0 Å². The summed E-state index contributed by atoms with van der Waals surface area (Å²) < 4.78 is 13.1. The molecule has 0 saturated carbocycles. The summed E-state index contributed by atoms with van der Waals surface area (Å²) in [6.07, 6.45) is 3.54. The Labute approximate surface area is 138 Å². The van der Waals surface area contributed by atoms with Gasteiger partial charge in [0.1, 0.15) is 5.82 Å². The summed E-state index contributed by atoms with van der Waals surface area (Å²) in [7, 11) is 0. The standard InChI is InChI=1S/C16H16ClFN4O/c17-12-10-11(4-5-13(12)18)19-16(23)14-6-7-15(21-20-14)22-8-2-1-3-9-22/h4-7,10H,1-3,8-9H2,(H,19,23). The van der Waals surface area contributed by atoms with Gasteiger partial charge in [0, 0.05) is 18.8 Å². The number of amides is 1. The molecule has 0 spiro atoms. The van der Waals surface area contributed by atoms with Gasteiger partial charge in [0.25, 0.3) is 5.91 Å². The van der Waals surface area contributed by atoms with Crippen LogP contribution in [0.5, 0.6) is 0 Å². The molecule has 0 bridgehead atoms. The van der Waals surface area contributed by atoms with Gasteiger partial charge in [0.2, 0.25) is 0 Å². The van der Waals surface area contributed by atoms with Crippen molar-refractivity contribution >= 4 is 29.0 Å². The van der Waals surface area contributed by atoms with E-state index in [0.29, 0.717) is 5.69 Å². The van der Waals surface area contributed by atoms with Crippen molar-refractivity contribution in [3.05, 3.63) is 46.9 Å². The second-order valence-corrected chi connectivity index (χ2v) is 5.81. The molecule has 2 aromatic rings. The van der Waals surface area contributed by atoms with Crippen molar-refractivity contribution in [2.24, 2.45) is 0 Å². The maximum Gasteiger partial charge on any atom is 0.276 e. The van der Waals surface area contributed by atoms with E-state index in [-0.39, 0.29) is 10.7 Å². The van der Waals surface area contributed by atoms with Crippen LogP contribution in [0.1, 0.15) is 29.8 Å². The molecular weight excluding hydrogens is 319 g/mol. The van der Waals surface area contributed by atoms with Crippen LogP contribution in [0.25, 0.3) is 0 Å². The molecule has 23 heavy (non-hydrogen) atoms. The number of carbonyl (C=O) groups is 1. The Hall–Kier alpha value is -2.21. The fourth-order valence-electron chi connectivity index (χ4n) is 2.51. The van der Waals surface area contributed by atoms with E-state index in [1.165, 1.54) is 24.6 Å². The van der Waals surface area contributed by atoms with Gasteiger partial charge in [-0.05, 0) is 49.6 Å². The second-order valence-electron chi connectivity index (χ2n) is 5.41. The lowest BCUT2D eigenvalue weighted by Crippen LogP contribution is -2.30. The molecule has 7 heteroatoms. The quantitative estimate of drug-likeness (QED) is 0.933. The van der Waals surface area contributed by atoms with Crippen LogP contribution in [0.4, 0.5) is 15.9 Å². The zero-order chi connectivity index (χ0) is 16.2. The number of rotatable bonds is 3. The van der Waals surface area contributed by atoms with Crippen LogP contribution in [0.2, 0.25) is 5.02 Å². The average molecular weight is 335 g/mol. The first-order valence-corrected chi connectivity index (χ1v) is 7.86. The van der Waals surface area contributed by atoms with Crippen LogP contribution in [-0.4, -0.2) is 29.2 Å². The lowest BCUT2D eigenvalue weighted by atomic mass is 10.1. The molecule has 120 valence electrons. The molecule has 1 saturated heterocycles. The minimum Gasteiger partial charge on any atom is -0.355 e. The lowest BCUT2D eigenvalue weighted by Gasteiger charge is -2.27. The third kappa shape index (κ3) is 3.76. The summed E-state index contributed by atoms with van der Waals surface area (Å²) in [5.74, 6) is -0.160. The third-order valence-electron chi connectivity index (χ3n) is 3.74. The molecule has 0 unspecified atom stereocenters. The third-order valence-corrected chi connectivity index (χ3v) is 4.03. The molecule has 2 heterocycles. The van der Waals surface area contributed by atoms with E-state index in [9.17, 15) is 9.18 Å². The first-order valence-electron chi connectivity index (χ1n) is 7.48. The summed E-state index contributed by atoms with van der Waals surface area (Å²) >= 11 is 5.69. The summed E-state index contributed by atoms with van der Waals surface area (Å²) in [6, 6.07) is 7.42. The van der Waals surface area contributed by atoms with E-state index in [2.05, 4.69) is 20.4 Å². The van der Waals surface area contributed by atoms with Gasteiger partial charge >= 0.3 is 0 Å². The number of benzene rings is 1. The van der Waals surface area contributed by atoms with Crippen LogP contribution >= 0.6 is 11.6 Å². The zero-order valence-electron chi connectivity index (χ0n) is 12.4. The minimum atomic E-state index is -0.532. The Morgan fingerprint density at radius 2 is 1.91 bits per heavy atom. The molecule has 0 aliphatic carbocycles. The number of piperidine rings is 1. The largest absolute Gasteiger partial charge is 0.355 e. The van der Waals surface area contributed by atoms with Crippen LogP contribution in [0.3, 0.4) is 0 Å². The molecule has 1 amide bonds. The number of nitrogens with one attached hydrogen (secondary N) is 1. The highest BCUT2D eigenvalue weighted by molar-refractivity contribution is 6.31. The highest BCUT2D eigenvalue weighted by Gasteiger charge is 2.14. The van der Waals surface area contributed by atoms with Crippen LogP contribution in [0.15, 0.2) is 30.3 Å². The van der Waals surface area contributed by atoms with Crippen molar-refractivity contribution in [2.45, 2.75) is 19.3 Å². The topological polar surface area (TPSA) is 58.1 Å². The van der Waals surface area contributed by atoms with Crippen LogP contribution in [-0.2, 0) is 0 Å². The number of carbonyl (C=O) groups excluding carboxylic acids is 1.